The van der Waals surface area contributed by atoms with Crippen molar-refractivity contribution in [3.05, 3.63) is 29.8 Å². The van der Waals surface area contributed by atoms with Crippen molar-refractivity contribution >= 4 is 16.1 Å². The fraction of sp³-hybridized carbons (Fsp3) is 0.588. The van der Waals surface area contributed by atoms with Crippen LogP contribution in [-0.4, -0.2) is 56.7 Å². The summed E-state index contributed by atoms with van der Waals surface area (Å²) in [5.74, 6) is 0.615. The van der Waals surface area contributed by atoms with E-state index >= 15 is 0 Å². The van der Waals surface area contributed by atoms with E-state index in [1.807, 2.05) is 31.2 Å². The van der Waals surface area contributed by atoms with E-state index in [1.165, 1.54) is 22.7 Å². The third kappa shape index (κ3) is 5.17. The Morgan fingerprint density at radius 3 is 2.60 bits per heavy atom. The maximum absolute atomic E-state index is 12.4. The number of hydrogen-bond acceptors (Lipinski definition) is 4. The Bertz CT molecular complexity index is 683. The lowest BCUT2D eigenvalue weighted by molar-refractivity contribution is -0.126. The van der Waals surface area contributed by atoms with E-state index in [0.29, 0.717) is 39.1 Å². The molecule has 1 saturated heterocycles. The summed E-state index contributed by atoms with van der Waals surface area (Å²) in [6, 6.07) is 7.64. The zero-order valence-electron chi connectivity index (χ0n) is 15.1. The number of hydrogen-bond donors (Lipinski definition) is 1. The van der Waals surface area contributed by atoms with Gasteiger partial charge < -0.3 is 10.1 Å². The number of carbonyl (C=O) groups excluding carboxylic acids is 1. The van der Waals surface area contributed by atoms with E-state index in [2.05, 4.69) is 5.32 Å². The number of carbonyl (C=O) groups is 1. The fourth-order valence-corrected chi connectivity index (χ4v) is 3.96. The molecular weight excluding hydrogens is 342 g/mol. The summed E-state index contributed by atoms with van der Waals surface area (Å²) in [5.41, 5.74) is 0.979. The van der Waals surface area contributed by atoms with Gasteiger partial charge in [-0.1, -0.05) is 12.1 Å². The van der Waals surface area contributed by atoms with Crippen LogP contribution in [0.1, 0.15) is 25.3 Å². The molecule has 1 fully saturated rings. The molecule has 1 aromatic rings. The number of nitrogens with one attached hydrogen (secondary N) is 1. The SMILES string of the molecule is CCOc1cccc(CNC(=O)C2CCN(S(=O)(=O)N(C)C)CC2)c1. The number of amides is 1. The minimum absolute atomic E-state index is 0.0243. The third-order valence-electron chi connectivity index (χ3n) is 4.29. The largest absolute Gasteiger partial charge is 0.494 e. The van der Waals surface area contributed by atoms with Crippen molar-refractivity contribution in [1.82, 2.24) is 13.9 Å². The molecule has 0 radical (unpaired) electrons. The molecule has 0 spiro atoms. The third-order valence-corrected chi connectivity index (χ3v) is 6.23. The second-order valence-corrected chi connectivity index (χ2v) is 8.40. The summed E-state index contributed by atoms with van der Waals surface area (Å²) in [7, 11) is -0.357. The van der Waals surface area contributed by atoms with Gasteiger partial charge in [-0.05, 0) is 37.5 Å². The van der Waals surface area contributed by atoms with Crippen molar-refractivity contribution in [1.29, 1.82) is 0 Å². The molecule has 1 heterocycles. The molecule has 0 saturated carbocycles. The molecule has 2 rings (SSSR count). The first-order valence-electron chi connectivity index (χ1n) is 8.51. The van der Waals surface area contributed by atoms with Crippen LogP contribution in [0.5, 0.6) is 5.75 Å². The topological polar surface area (TPSA) is 79.0 Å². The fourth-order valence-electron chi connectivity index (χ4n) is 2.83. The van der Waals surface area contributed by atoms with Crippen LogP contribution in [0.2, 0.25) is 0 Å². The summed E-state index contributed by atoms with van der Waals surface area (Å²) in [5, 5.41) is 2.94. The molecule has 0 atom stereocenters. The van der Waals surface area contributed by atoms with Gasteiger partial charge in [-0.3, -0.25) is 4.79 Å². The predicted octanol–water partition coefficient (Wildman–Crippen LogP) is 1.22. The highest BCUT2D eigenvalue weighted by Gasteiger charge is 2.32. The van der Waals surface area contributed by atoms with E-state index < -0.39 is 10.2 Å². The molecule has 8 heteroatoms. The van der Waals surface area contributed by atoms with Gasteiger partial charge in [0.05, 0.1) is 6.61 Å². The average molecular weight is 369 g/mol. The van der Waals surface area contributed by atoms with Gasteiger partial charge in [-0.25, -0.2) is 0 Å². The van der Waals surface area contributed by atoms with Gasteiger partial charge in [-0.2, -0.15) is 17.0 Å². The summed E-state index contributed by atoms with van der Waals surface area (Å²) < 4.78 is 32.3. The molecule has 0 bridgehead atoms. The average Bonchev–Trinajstić information content (AvgIpc) is 2.60. The van der Waals surface area contributed by atoms with Crippen molar-refractivity contribution in [2.24, 2.45) is 5.92 Å². The maximum Gasteiger partial charge on any atom is 0.281 e. The van der Waals surface area contributed by atoms with E-state index in [4.69, 9.17) is 4.74 Å². The lowest BCUT2D eigenvalue weighted by Gasteiger charge is -2.32. The van der Waals surface area contributed by atoms with Crippen molar-refractivity contribution in [3.63, 3.8) is 0 Å². The lowest BCUT2D eigenvalue weighted by Crippen LogP contribution is -2.46. The van der Waals surface area contributed by atoms with Crippen LogP contribution in [0.3, 0.4) is 0 Å². The van der Waals surface area contributed by atoms with Gasteiger partial charge in [0.15, 0.2) is 0 Å². The maximum atomic E-state index is 12.4. The molecule has 7 nitrogen and oxygen atoms in total. The molecule has 1 N–H and O–H groups in total. The van der Waals surface area contributed by atoms with Crippen LogP contribution in [-0.2, 0) is 21.5 Å². The highest BCUT2D eigenvalue weighted by atomic mass is 32.2. The Morgan fingerprint density at radius 2 is 2.00 bits per heavy atom. The van der Waals surface area contributed by atoms with Crippen LogP contribution in [0.4, 0.5) is 0 Å². The number of ether oxygens (including phenoxy) is 1. The quantitative estimate of drug-likeness (QED) is 0.784. The van der Waals surface area contributed by atoms with Crippen molar-refractivity contribution in [2.45, 2.75) is 26.3 Å². The van der Waals surface area contributed by atoms with Gasteiger partial charge in [0.1, 0.15) is 5.75 Å². The van der Waals surface area contributed by atoms with Crippen LogP contribution < -0.4 is 10.1 Å². The Hall–Kier alpha value is -1.64. The molecule has 25 heavy (non-hydrogen) atoms. The highest BCUT2D eigenvalue weighted by molar-refractivity contribution is 7.86. The van der Waals surface area contributed by atoms with Crippen LogP contribution in [0.15, 0.2) is 24.3 Å². The smallest absolute Gasteiger partial charge is 0.281 e. The number of piperidine rings is 1. The van der Waals surface area contributed by atoms with Gasteiger partial charge >= 0.3 is 0 Å². The lowest BCUT2D eigenvalue weighted by atomic mass is 9.97. The number of rotatable bonds is 7. The normalized spacial score (nSPS) is 16.8. The molecule has 1 amide bonds. The first kappa shape index (κ1) is 19.7. The van der Waals surface area contributed by atoms with Crippen LogP contribution in [0.25, 0.3) is 0 Å². The summed E-state index contributed by atoms with van der Waals surface area (Å²) in [4.78, 5) is 12.4. The first-order chi connectivity index (χ1) is 11.8. The van der Waals surface area contributed by atoms with Gasteiger partial charge in [0, 0.05) is 39.6 Å². The standard InChI is InChI=1S/C17H27N3O4S/c1-4-24-16-7-5-6-14(12-16)13-18-17(21)15-8-10-20(11-9-15)25(22,23)19(2)3/h5-7,12,15H,4,8-11,13H2,1-3H3,(H,18,21). The first-order valence-corrected chi connectivity index (χ1v) is 9.91. The summed E-state index contributed by atoms with van der Waals surface area (Å²) in [6.45, 7) is 3.72. The highest BCUT2D eigenvalue weighted by Crippen LogP contribution is 2.21. The van der Waals surface area contributed by atoms with Gasteiger partial charge in [0.25, 0.3) is 10.2 Å². The molecule has 1 aliphatic rings. The second-order valence-electron chi connectivity index (χ2n) is 6.26. The predicted molar refractivity (Wildman–Crippen MR) is 96.4 cm³/mol. The number of nitrogens with zero attached hydrogens (tertiary/aromatic N) is 2. The number of benzene rings is 1. The Kier molecular flexibility index (Phi) is 6.80. The zero-order chi connectivity index (χ0) is 18.4. The molecule has 1 aliphatic heterocycles. The monoisotopic (exact) mass is 369 g/mol. The van der Waals surface area contributed by atoms with Gasteiger partial charge in [0.2, 0.25) is 5.91 Å². The van der Waals surface area contributed by atoms with Crippen molar-refractivity contribution in [3.8, 4) is 5.75 Å². The zero-order valence-corrected chi connectivity index (χ0v) is 15.9. The Morgan fingerprint density at radius 1 is 1.32 bits per heavy atom. The molecule has 140 valence electrons. The molecule has 0 aromatic heterocycles. The summed E-state index contributed by atoms with van der Waals surface area (Å²) >= 11 is 0. The van der Waals surface area contributed by atoms with E-state index in [0.717, 1.165) is 11.3 Å². The second kappa shape index (κ2) is 8.64. The van der Waals surface area contributed by atoms with Crippen LogP contribution in [0, 0.1) is 5.92 Å². The Labute approximate surface area is 150 Å². The van der Waals surface area contributed by atoms with Crippen LogP contribution >= 0.6 is 0 Å². The molecule has 0 unspecified atom stereocenters. The van der Waals surface area contributed by atoms with Crippen molar-refractivity contribution < 1.29 is 17.9 Å². The molecular formula is C17H27N3O4S. The van der Waals surface area contributed by atoms with E-state index in [1.54, 1.807) is 0 Å². The van der Waals surface area contributed by atoms with Gasteiger partial charge in [-0.15, -0.1) is 0 Å². The molecule has 1 aromatic carbocycles. The minimum atomic E-state index is -3.39. The summed E-state index contributed by atoms with van der Waals surface area (Å²) in [6.07, 6.45) is 1.08. The molecule has 0 aliphatic carbocycles. The van der Waals surface area contributed by atoms with E-state index in [9.17, 15) is 13.2 Å². The Balaban J connectivity index is 1.84. The van der Waals surface area contributed by atoms with E-state index in [-0.39, 0.29) is 11.8 Å². The van der Waals surface area contributed by atoms with Crippen molar-refractivity contribution in [2.75, 3.05) is 33.8 Å². The minimum Gasteiger partial charge on any atom is -0.494 e.